The van der Waals surface area contributed by atoms with Crippen LogP contribution in [0.1, 0.15) is 28.8 Å². The molecule has 0 aromatic heterocycles. The van der Waals surface area contributed by atoms with Crippen LogP contribution in [-0.2, 0) is 4.79 Å². The maximum atomic E-state index is 11.8. The zero-order chi connectivity index (χ0) is 16.5. The average Bonchev–Trinajstić information content (AvgIpc) is 2.59. The lowest BCUT2D eigenvalue weighted by Gasteiger charge is -2.09. The van der Waals surface area contributed by atoms with Crippen LogP contribution in [0.15, 0.2) is 54.6 Å². The van der Waals surface area contributed by atoms with E-state index in [1.165, 1.54) is 0 Å². The Morgan fingerprint density at radius 3 is 2.39 bits per heavy atom. The van der Waals surface area contributed by atoms with Crippen molar-refractivity contribution in [1.29, 1.82) is 0 Å². The quantitative estimate of drug-likeness (QED) is 0.636. The van der Waals surface area contributed by atoms with Crippen LogP contribution in [0.2, 0.25) is 0 Å². The molecule has 23 heavy (non-hydrogen) atoms. The molecule has 2 aromatic carbocycles. The fourth-order valence-electron chi connectivity index (χ4n) is 1.98. The van der Waals surface area contributed by atoms with Gasteiger partial charge in [-0.05, 0) is 37.1 Å². The van der Waals surface area contributed by atoms with E-state index in [0.717, 1.165) is 11.3 Å². The molecule has 2 rings (SSSR count). The number of carbonyl (C=O) groups excluding carboxylic acids is 2. The van der Waals surface area contributed by atoms with Crippen LogP contribution < -0.4 is 15.6 Å². The van der Waals surface area contributed by atoms with E-state index < -0.39 is 0 Å². The van der Waals surface area contributed by atoms with E-state index in [2.05, 4.69) is 10.9 Å². The van der Waals surface area contributed by atoms with Gasteiger partial charge in [-0.2, -0.15) is 0 Å². The van der Waals surface area contributed by atoms with Crippen LogP contribution in [0.4, 0.5) is 0 Å². The van der Waals surface area contributed by atoms with Gasteiger partial charge in [-0.1, -0.05) is 36.4 Å². The number of amides is 2. The topological polar surface area (TPSA) is 67.4 Å². The third-order valence-corrected chi connectivity index (χ3v) is 3.25. The average molecular weight is 312 g/mol. The van der Waals surface area contributed by atoms with Crippen molar-refractivity contribution in [2.75, 3.05) is 6.61 Å². The van der Waals surface area contributed by atoms with Gasteiger partial charge in [-0.25, -0.2) is 0 Å². The Morgan fingerprint density at radius 2 is 1.65 bits per heavy atom. The van der Waals surface area contributed by atoms with E-state index >= 15 is 0 Å². The maximum absolute atomic E-state index is 11.8. The Hall–Kier alpha value is -2.82. The van der Waals surface area contributed by atoms with Crippen LogP contribution in [0.3, 0.4) is 0 Å². The highest BCUT2D eigenvalue weighted by Gasteiger charge is 2.06. The smallest absolute Gasteiger partial charge is 0.269 e. The summed E-state index contributed by atoms with van der Waals surface area (Å²) in [6.07, 6.45) is 0.850. The lowest BCUT2D eigenvalue weighted by Crippen LogP contribution is -2.41. The summed E-state index contributed by atoms with van der Waals surface area (Å²) in [5.74, 6) is 0.239. The molecule has 5 nitrogen and oxygen atoms in total. The Labute approximate surface area is 135 Å². The first kappa shape index (κ1) is 16.5. The summed E-state index contributed by atoms with van der Waals surface area (Å²) in [6, 6.07) is 16.4. The van der Waals surface area contributed by atoms with Crippen LogP contribution in [0.5, 0.6) is 5.75 Å². The van der Waals surface area contributed by atoms with Gasteiger partial charge in [-0.3, -0.25) is 20.4 Å². The molecular weight excluding hydrogens is 292 g/mol. The molecule has 0 bridgehead atoms. The van der Waals surface area contributed by atoms with Crippen molar-refractivity contribution < 1.29 is 14.3 Å². The minimum atomic E-state index is -0.338. The van der Waals surface area contributed by atoms with Crippen molar-refractivity contribution in [2.45, 2.75) is 19.8 Å². The number of hydrogen-bond acceptors (Lipinski definition) is 3. The molecule has 0 radical (unpaired) electrons. The summed E-state index contributed by atoms with van der Waals surface area (Å²) in [5.41, 5.74) is 6.34. The summed E-state index contributed by atoms with van der Waals surface area (Å²) < 4.78 is 5.61. The van der Waals surface area contributed by atoms with E-state index in [4.69, 9.17) is 4.74 Å². The summed E-state index contributed by atoms with van der Waals surface area (Å²) in [7, 11) is 0. The third-order valence-electron chi connectivity index (χ3n) is 3.25. The van der Waals surface area contributed by atoms with Gasteiger partial charge in [0.05, 0.1) is 6.61 Å². The fraction of sp³-hybridized carbons (Fsp3) is 0.222. The van der Waals surface area contributed by atoms with Gasteiger partial charge >= 0.3 is 0 Å². The molecule has 0 spiro atoms. The van der Waals surface area contributed by atoms with Crippen LogP contribution in [-0.4, -0.2) is 18.4 Å². The molecular formula is C18H20N2O3. The highest BCUT2D eigenvalue weighted by Crippen LogP contribution is 2.16. The lowest BCUT2D eigenvalue weighted by atomic mass is 10.2. The molecule has 2 amide bonds. The molecule has 5 heteroatoms. The van der Waals surface area contributed by atoms with E-state index in [1.54, 1.807) is 24.3 Å². The second-order valence-electron chi connectivity index (χ2n) is 5.09. The first-order valence-electron chi connectivity index (χ1n) is 7.49. The van der Waals surface area contributed by atoms with Gasteiger partial charge in [0.2, 0.25) is 5.91 Å². The van der Waals surface area contributed by atoms with E-state index in [-0.39, 0.29) is 18.2 Å². The molecule has 0 saturated heterocycles. The highest BCUT2D eigenvalue weighted by molar-refractivity contribution is 5.95. The van der Waals surface area contributed by atoms with Gasteiger partial charge in [-0.15, -0.1) is 0 Å². The highest BCUT2D eigenvalue weighted by atomic mass is 16.5. The molecule has 2 aromatic rings. The number of rotatable bonds is 6. The maximum Gasteiger partial charge on any atom is 0.269 e. The zero-order valence-electron chi connectivity index (χ0n) is 13.0. The first-order chi connectivity index (χ1) is 11.2. The van der Waals surface area contributed by atoms with Gasteiger partial charge in [0, 0.05) is 12.0 Å². The Kier molecular flexibility index (Phi) is 6.17. The Balaban J connectivity index is 1.64. The Morgan fingerprint density at radius 1 is 0.957 bits per heavy atom. The predicted octanol–water partition coefficient (Wildman–Crippen LogP) is 2.62. The number of para-hydroxylation sites is 1. The predicted molar refractivity (Wildman–Crippen MR) is 88.0 cm³/mol. The molecule has 0 unspecified atom stereocenters. The molecule has 120 valence electrons. The SMILES string of the molecule is Cc1ccccc1OCCCC(=O)NNC(=O)c1ccccc1. The number of aryl methyl sites for hydroxylation is 1. The monoisotopic (exact) mass is 312 g/mol. The van der Waals surface area contributed by atoms with E-state index in [0.29, 0.717) is 18.6 Å². The zero-order valence-corrected chi connectivity index (χ0v) is 13.0. The standard InChI is InChI=1S/C18H20N2O3/c1-14-8-5-6-11-16(14)23-13-7-12-17(21)19-20-18(22)15-9-3-2-4-10-15/h2-6,8-11H,7,12-13H2,1H3,(H,19,21)(H,20,22). The molecule has 0 saturated carbocycles. The third kappa shape index (κ3) is 5.47. The van der Waals surface area contributed by atoms with Crippen LogP contribution in [0.25, 0.3) is 0 Å². The first-order valence-corrected chi connectivity index (χ1v) is 7.49. The number of carbonyl (C=O) groups is 2. The van der Waals surface area contributed by atoms with Crippen LogP contribution in [0, 0.1) is 6.92 Å². The van der Waals surface area contributed by atoms with Gasteiger partial charge in [0.15, 0.2) is 0 Å². The normalized spacial score (nSPS) is 9.96. The van der Waals surface area contributed by atoms with Gasteiger partial charge < -0.3 is 4.74 Å². The molecule has 0 fully saturated rings. The van der Waals surface area contributed by atoms with E-state index in [1.807, 2.05) is 37.3 Å². The molecule has 0 heterocycles. The minimum absolute atomic E-state index is 0.248. The van der Waals surface area contributed by atoms with Crippen molar-refractivity contribution in [1.82, 2.24) is 10.9 Å². The van der Waals surface area contributed by atoms with Crippen molar-refractivity contribution in [3.8, 4) is 5.75 Å². The molecule has 0 atom stereocenters. The number of hydrazine groups is 1. The van der Waals surface area contributed by atoms with Crippen molar-refractivity contribution >= 4 is 11.8 Å². The molecule has 0 aliphatic rings. The summed E-state index contributed by atoms with van der Waals surface area (Å²) in [4.78, 5) is 23.4. The second-order valence-corrected chi connectivity index (χ2v) is 5.09. The number of benzene rings is 2. The molecule has 0 aliphatic heterocycles. The number of ether oxygens (including phenoxy) is 1. The summed E-state index contributed by atoms with van der Waals surface area (Å²) in [5, 5.41) is 0. The van der Waals surface area contributed by atoms with Crippen molar-refractivity contribution in [3.63, 3.8) is 0 Å². The van der Waals surface area contributed by atoms with E-state index in [9.17, 15) is 9.59 Å². The largest absolute Gasteiger partial charge is 0.493 e. The molecule has 2 N–H and O–H groups in total. The van der Waals surface area contributed by atoms with Gasteiger partial charge in [0.1, 0.15) is 5.75 Å². The summed E-state index contributed by atoms with van der Waals surface area (Å²) >= 11 is 0. The van der Waals surface area contributed by atoms with Crippen molar-refractivity contribution in [3.05, 3.63) is 65.7 Å². The summed E-state index contributed by atoms with van der Waals surface area (Å²) in [6.45, 7) is 2.42. The minimum Gasteiger partial charge on any atom is -0.493 e. The fourth-order valence-corrected chi connectivity index (χ4v) is 1.98. The van der Waals surface area contributed by atoms with Crippen molar-refractivity contribution in [2.24, 2.45) is 0 Å². The van der Waals surface area contributed by atoms with Crippen LogP contribution >= 0.6 is 0 Å². The lowest BCUT2D eigenvalue weighted by molar-refractivity contribution is -0.122. The second kappa shape index (κ2) is 8.58. The number of nitrogens with one attached hydrogen (secondary N) is 2. The molecule has 0 aliphatic carbocycles. The number of hydrogen-bond donors (Lipinski definition) is 2. The Bertz CT molecular complexity index is 656. The van der Waals surface area contributed by atoms with Gasteiger partial charge in [0.25, 0.3) is 5.91 Å².